The second-order valence-electron chi connectivity index (χ2n) is 8.69. The Balaban J connectivity index is 1.35. The van der Waals surface area contributed by atoms with Crippen molar-refractivity contribution in [2.75, 3.05) is 18.5 Å². The Bertz CT molecular complexity index is 1110. The van der Waals surface area contributed by atoms with Crippen molar-refractivity contribution in [1.82, 2.24) is 4.90 Å². The molecular weight excluding hydrogens is 472 g/mol. The van der Waals surface area contributed by atoms with E-state index < -0.39 is 0 Å². The normalized spacial score (nSPS) is 17.9. The molecule has 3 amide bonds. The van der Waals surface area contributed by atoms with E-state index in [1.165, 1.54) is 11.3 Å². The lowest BCUT2D eigenvalue weighted by Gasteiger charge is -2.25. The van der Waals surface area contributed by atoms with Crippen molar-refractivity contribution in [3.05, 3.63) is 63.5 Å². The molecule has 0 unspecified atom stereocenters. The number of hydrogen-bond donors (Lipinski definition) is 1. The number of hydrogen-bond acceptors (Lipinski definition) is 5. The molecule has 4 rings (SSSR count). The van der Waals surface area contributed by atoms with Crippen molar-refractivity contribution in [3.8, 4) is 5.75 Å². The molecular formula is C26H27ClN2O4S. The topological polar surface area (TPSA) is 75.7 Å². The fraction of sp³-hybridized carbons (Fsp3) is 0.346. The number of imide groups is 1. The predicted octanol–water partition coefficient (Wildman–Crippen LogP) is 6.28. The summed E-state index contributed by atoms with van der Waals surface area (Å²) in [6.07, 6.45) is 7.37. The number of anilines is 1. The fourth-order valence-electron chi connectivity index (χ4n) is 4.14. The van der Waals surface area contributed by atoms with Gasteiger partial charge in [-0.05, 0) is 73.4 Å². The number of amides is 3. The van der Waals surface area contributed by atoms with Crippen LogP contribution in [0.3, 0.4) is 0 Å². The van der Waals surface area contributed by atoms with Gasteiger partial charge in [-0.3, -0.25) is 19.3 Å². The lowest BCUT2D eigenvalue weighted by atomic mass is 9.89. The Morgan fingerprint density at radius 2 is 1.88 bits per heavy atom. The van der Waals surface area contributed by atoms with Gasteiger partial charge in [-0.2, -0.15) is 0 Å². The van der Waals surface area contributed by atoms with Crippen LogP contribution in [-0.2, 0) is 9.59 Å². The molecule has 1 aliphatic heterocycles. The second-order valence-corrected chi connectivity index (χ2v) is 10.1. The van der Waals surface area contributed by atoms with Gasteiger partial charge in [-0.1, -0.05) is 54.6 Å². The van der Waals surface area contributed by atoms with E-state index in [0.717, 1.165) is 43.0 Å². The monoisotopic (exact) mass is 498 g/mol. The van der Waals surface area contributed by atoms with E-state index in [1.807, 2.05) is 31.2 Å². The summed E-state index contributed by atoms with van der Waals surface area (Å²) in [5.74, 6) is 0.222. The minimum atomic E-state index is -0.296. The molecule has 1 saturated heterocycles. The molecule has 2 aromatic carbocycles. The summed E-state index contributed by atoms with van der Waals surface area (Å²) in [5, 5.41) is 2.87. The summed E-state index contributed by atoms with van der Waals surface area (Å²) in [7, 11) is 0. The van der Waals surface area contributed by atoms with Gasteiger partial charge in [0, 0.05) is 12.2 Å². The van der Waals surface area contributed by atoms with Gasteiger partial charge in [0.2, 0.25) is 0 Å². The maximum atomic E-state index is 12.8. The first-order chi connectivity index (χ1) is 16.4. The first-order valence-corrected chi connectivity index (χ1v) is 12.6. The van der Waals surface area contributed by atoms with Gasteiger partial charge in [0.15, 0.2) is 6.61 Å². The summed E-state index contributed by atoms with van der Waals surface area (Å²) >= 11 is 7.31. The molecule has 6 nitrogen and oxygen atoms in total. The van der Waals surface area contributed by atoms with E-state index >= 15 is 0 Å². The highest BCUT2D eigenvalue weighted by Gasteiger charge is 2.36. The molecule has 0 bridgehead atoms. The molecule has 1 saturated carbocycles. The number of carbonyl (C=O) groups is 3. The summed E-state index contributed by atoms with van der Waals surface area (Å²) in [6, 6.07) is 12.5. The zero-order chi connectivity index (χ0) is 24.1. The van der Waals surface area contributed by atoms with Crippen molar-refractivity contribution in [3.63, 3.8) is 0 Å². The number of rotatable bonds is 7. The number of carbonyl (C=O) groups excluding carboxylic acids is 3. The third-order valence-corrected chi connectivity index (χ3v) is 7.19. The molecule has 1 N–H and O–H groups in total. The molecule has 0 atom stereocenters. The number of nitrogens with zero attached hydrogens (tertiary/aromatic N) is 1. The van der Waals surface area contributed by atoms with Crippen LogP contribution in [0.5, 0.6) is 5.75 Å². The Morgan fingerprint density at radius 1 is 1.15 bits per heavy atom. The molecule has 2 fully saturated rings. The number of thioether (sulfide) groups is 1. The molecule has 1 heterocycles. The Hall–Kier alpha value is -2.77. The molecule has 34 heavy (non-hydrogen) atoms. The third-order valence-electron chi connectivity index (χ3n) is 5.99. The number of ether oxygens (including phenoxy) is 1. The van der Waals surface area contributed by atoms with Crippen LogP contribution < -0.4 is 10.1 Å². The Morgan fingerprint density at radius 3 is 2.59 bits per heavy atom. The van der Waals surface area contributed by atoms with Crippen molar-refractivity contribution in [2.45, 2.75) is 39.0 Å². The van der Waals surface area contributed by atoms with Crippen LogP contribution in [0.25, 0.3) is 6.08 Å². The van der Waals surface area contributed by atoms with Gasteiger partial charge < -0.3 is 10.1 Å². The van der Waals surface area contributed by atoms with Crippen molar-refractivity contribution >= 4 is 52.2 Å². The molecule has 0 aromatic heterocycles. The average Bonchev–Trinajstić information content (AvgIpc) is 3.08. The first kappa shape index (κ1) is 24.4. The van der Waals surface area contributed by atoms with Crippen molar-refractivity contribution < 1.29 is 19.1 Å². The molecule has 178 valence electrons. The van der Waals surface area contributed by atoms with Gasteiger partial charge in [-0.15, -0.1) is 0 Å². The number of aryl methyl sites for hydroxylation is 1. The average molecular weight is 499 g/mol. The van der Waals surface area contributed by atoms with E-state index in [9.17, 15) is 14.4 Å². The number of halogens is 1. The van der Waals surface area contributed by atoms with Gasteiger partial charge in [0.25, 0.3) is 17.1 Å². The van der Waals surface area contributed by atoms with Gasteiger partial charge in [0.05, 0.1) is 9.93 Å². The minimum Gasteiger partial charge on any atom is -0.482 e. The lowest BCUT2D eigenvalue weighted by Crippen LogP contribution is -2.34. The van der Waals surface area contributed by atoms with Gasteiger partial charge >= 0.3 is 0 Å². The fourth-order valence-corrected chi connectivity index (χ4v) is 5.23. The Kier molecular flexibility index (Phi) is 7.95. The zero-order valence-electron chi connectivity index (χ0n) is 19.0. The van der Waals surface area contributed by atoms with Crippen LogP contribution in [0.15, 0.2) is 47.4 Å². The maximum absolute atomic E-state index is 12.8. The largest absolute Gasteiger partial charge is 0.482 e. The smallest absolute Gasteiger partial charge is 0.293 e. The van der Waals surface area contributed by atoms with Crippen molar-refractivity contribution in [2.24, 2.45) is 5.92 Å². The van der Waals surface area contributed by atoms with E-state index in [-0.39, 0.29) is 23.7 Å². The van der Waals surface area contributed by atoms with E-state index in [2.05, 4.69) is 5.32 Å². The van der Waals surface area contributed by atoms with Crippen molar-refractivity contribution in [1.29, 1.82) is 0 Å². The number of benzene rings is 2. The van der Waals surface area contributed by atoms with Crippen LogP contribution in [0.1, 0.15) is 43.2 Å². The zero-order valence-corrected chi connectivity index (χ0v) is 20.6. The highest BCUT2D eigenvalue weighted by molar-refractivity contribution is 8.18. The highest BCUT2D eigenvalue weighted by Crippen LogP contribution is 2.35. The number of nitrogens with one attached hydrogen (secondary N) is 1. The first-order valence-electron chi connectivity index (χ1n) is 11.4. The van der Waals surface area contributed by atoms with Gasteiger partial charge in [0.1, 0.15) is 5.75 Å². The molecule has 1 aliphatic carbocycles. The van der Waals surface area contributed by atoms with E-state index in [0.29, 0.717) is 39.4 Å². The second kappa shape index (κ2) is 11.1. The quantitative estimate of drug-likeness (QED) is 0.454. The highest BCUT2D eigenvalue weighted by atomic mass is 35.5. The summed E-state index contributed by atoms with van der Waals surface area (Å²) in [5.41, 5.74) is 2.48. The van der Waals surface area contributed by atoms with Crippen LogP contribution in [-0.4, -0.2) is 35.1 Å². The van der Waals surface area contributed by atoms with Crippen LogP contribution in [0.4, 0.5) is 10.5 Å². The molecule has 0 spiro atoms. The maximum Gasteiger partial charge on any atom is 0.293 e. The lowest BCUT2D eigenvalue weighted by molar-refractivity contribution is -0.123. The summed E-state index contributed by atoms with van der Waals surface area (Å²) < 4.78 is 5.56. The Labute approximate surface area is 208 Å². The van der Waals surface area contributed by atoms with Crippen LogP contribution in [0.2, 0.25) is 5.02 Å². The molecule has 8 heteroatoms. The molecule has 0 radical (unpaired) electrons. The third kappa shape index (κ3) is 6.21. The van der Waals surface area contributed by atoms with E-state index in [1.54, 1.807) is 24.3 Å². The summed E-state index contributed by atoms with van der Waals surface area (Å²) in [4.78, 5) is 39.1. The standard InChI is InChI=1S/C26H27ClN2O4S/c1-17-7-10-20(11-8-17)28-24(30)16-33-22-12-9-19(13-21(22)27)14-23-25(31)29(26(32)34-23)15-18-5-3-2-4-6-18/h7-14,18H,2-6,15-16H2,1H3,(H,28,30)/b23-14+. The summed E-state index contributed by atoms with van der Waals surface area (Å²) in [6.45, 7) is 2.29. The minimum absolute atomic E-state index is 0.188. The van der Waals surface area contributed by atoms with Crippen LogP contribution in [0, 0.1) is 12.8 Å². The van der Waals surface area contributed by atoms with Gasteiger partial charge in [-0.25, -0.2) is 0 Å². The van der Waals surface area contributed by atoms with E-state index in [4.69, 9.17) is 16.3 Å². The molecule has 2 aromatic rings. The predicted molar refractivity (Wildman–Crippen MR) is 136 cm³/mol. The van der Waals surface area contributed by atoms with Crippen LogP contribution >= 0.6 is 23.4 Å². The SMILES string of the molecule is Cc1ccc(NC(=O)COc2ccc(/C=C3/SC(=O)N(CC4CCCCC4)C3=O)cc2Cl)cc1. The molecule has 2 aliphatic rings.